The van der Waals surface area contributed by atoms with Crippen LogP contribution in [0.3, 0.4) is 0 Å². The number of hydrogen-bond acceptors (Lipinski definition) is 4. The van der Waals surface area contributed by atoms with Crippen LogP contribution in [0.15, 0.2) is 42.5 Å². The summed E-state index contributed by atoms with van der Waals surface area (Å²) < 4.78 is 29.1. The van der Waals surface area contributed by atoms with Crippen molar-refractivity contribution in [3.8, 4) is 5.69 Å². The van der Waals surface area contributed by atoms with Crippen molar-refractivity contribution in [1.82, 2.24) is 9.78 Å². The Morgan fingerprint density at radius 2 is 1.90 bits per heavy atom. The highest BCUT2D eigenvalue weighted by Gasteiger charge is 2.22. The van der Waals surface area contributed by atoms with Crippen LogP contribution in [-0.2, 0) is 0 Å². The molecule has 1 fully saturated rings. The van der Waals surface area contributed by atoms with Crippen LogP contribution in [0.4, 0.5) is 14.5 Å². The van der Waals surface area contributed by atoms with Crippen molar-refractivity contribution in [3.05, 3.63) is 76.6 Å². The highest BCUT2D eigenvalue weighted by atomic mass is 32.2. The van der Waals surface area contributed by atoms with E-state index in [0.29, 0.717) is 27.2 Å². The van der Waals surface area contributed by atoms with Crippen molar-refractivity contribution in [2.45, 2.75) is 18.4 Å². The third-order valence-electron chi connectivity index (χ3n) is 4.69. The first-order chi connectivity index (χ1) is 13.9. The SMILES string of the molecule is Cc1nn(-c2ccc(F)cc2F)c(C)c1C(=O)Nc1cccc(C2SCCS2)c1. The molecule has 0 spiro atoms. The molecule has 0 unspecified atom stereocenters. The second-order valence-corrected chi connectivity index (χ2v) is 9.43. The molecule has 1 saturated heterocycles. The number of amides is 1. The summed E-state index contributed by atoms with van der Waals surface area (Å²) in [4.78, 5) is 12.9. The Bertz CT molecular complexity index is 1080. The van der Waals surface area contributed by atoms with Crippen LogP contribution in [0, 0.1) is 25.5 Å². The minimum absolute atomic E-state index is 0.100. The maximum absolute atomic E-state index is 14.2. The van der Waals surface area contributed by atoms with Gasteiger partial charge in [-0.1, -0.05) is 12.1 Å². The summed E-state index contributed by atoms with van der Waals surface area (Å²) in [5, 5.41) is 7.23. The smallest absolute Gasteiger partial charge is 0.259 e. The fraction of sp³-hybridized carbons (Fsp3) is 0.238. The molecule has 0 aliphatic carbocycles. The normalized spacial score (nSPS) is 14.3. The van der Waals surface area contributed by atoms with Crippen LogP contribution in [0.25, 0.3) is 5.69 Å². The first-order valence-corrected chi connectivity index (χ1v) is 11.2. The average molecular weight is 432 g/mol. The van der Waals surface area contributed by atoms with E-state index in [-0.39, 0.29) is 11.6 Å². The number of carbonyl (C=O) groups excluding carboxylic acids is 1. The van der Waals surface area contributed by atoms with Crippen molar-refractivity contribution in [1.29, 1.82) is 0 Å². The maximum atomic E-state index is 14.2. The van der Waals surface area contributed by atoms with Gasteiger partial charge in [0.15, 0.2) is 5.82 Å². The Hall–Kier alpha value is -2.32. The molecule has 0 bridgehead atoms. The number of thioether (sulfide) groups is 2. The predicted molar refractivity (Wildman–Crippen MR) is 115 cm³/mol. The van der Waals surface area contributed by atoms with Gasteiger partial charge >= 0.3 is 0 Å². The maximum Gasteiger partial charge on any atom is 0.259 e. The quantitative estimate of drug-likeness (QED) is 0.593. The van der Waals surface area contributed by atoms with Crippen LogP contribution < -0.4 is 5.32 Å². The first kappa shape index (κ1) is 20.0. The highest BCUT2D eigenvalue weighted by molar-refractivity contribution is 8.19. The van der Waals surface area contributed by atoms with Crippen molar-refractivity contribution in [2.24, 2.45) is 0 Å². The molecule has 150 valence electrons. The molecular formula is C21H19F2N3OS2. The van der Waals surface area contributed by atoms with Gasteiger partial charge in [-0.25, -0.2) is 13.5 Å². The minimum Gasteiger partial charge on any atom is -0.322 e. The zero-order valence-corrected chi connectivity index (χ0v) is 17.5. The first-order valence-electron chi connectivity index (χ1n) is 9.10. The molecule has 1 aliphatic rings. The summed E-state index contributed by atoms with van der Waals surface area (Å²) in [6, 6.07) is 11.1. The third-order valence-corrected chi connectivity index (χ3v) is 7.80. The molecule has 29 heavy (non-hydrogen) atoms. The van der Waals surface area contributed by atoms with Crippen LogP contribution in [0.5, 0.6) is 0 Å². The van der Waals surface area contributed by atoms with E-state index in [9.17, 15) is 13.6 Å². The van der Waals surface area contributed by atoms with Crippen molar-refractivity contribution in [3.63, 3.8) is 0 Å². The lowest BCUT2D eigenvalue weighted by Crippen LogP contribution is -2.14. The van der Waals surface area contributed by atoms with E-state index < -0.39 is 11.6 Å². The average Bonchev–Trinajstić information content (AvgIpc) is 3.30. The summed E-state index contributed by atoms with van der Waals surface area (Å²) in [7, 11) is 0. The predicted octanol–water partition coefficient (Wildman–Crippen LogP) is 5.50. The van der Waals surface area contributed by atoms with E-state index in [1.54, 1.807) is 13.8 Å². The van der Waals surface area contributed by atoms with E-state index in [4.69, 9.17) is 0 Å². The summed E-state index contributed by atoms with van der Waals surface area (Å²) in [5.74, 6) is 0.552. The van der Waals surface area contributed by atoms with Crippen LogP contribution in [-0.4, -0.2) is 27.2 Å². The molecule has 0 atom stereocenters. The number of anilines is 1. The van der Waals surface area contributed by atoms with Gasteiger partial charge < -0.3 is 5.32 Å². The molecule has 4 nitrogen and oxygen atoms in total. The number of hydrogen-bond donors (Lipinski definition) is 1. The molecule has 2 aromatic carbocycles. The Labute approximate surface area is 176 Å². The number of carbonyl (C=O) groups is 1. The summed E-state index contributed by atoms with van der Waals surface area (Å²) in [6.45, 7) is 3.39. The minimum atomic E-state index is -0.734. The Morgan fingerprint density at radius 3 is 2.62 bits per heavy atom. The molecular weight excluding hydrogens is 412 g/mol. The Kier molecular flexibility index (Phi) is 5.65. The standard InChI is InChI=1S/C21H19F2N3OS2/c1-12-19(13(2)26(25-12)18-7-6-15(22)11-17(18)23)20(27)24-16-5-3-4-14(10-16)21-28-8-9-29-21/h3-7,10-11,21H,8-9H2,1-2H3,(H,24,27). The van der Waals surface area contributed by atoms with E-state index in [0.717, 1.165) is 17.6 Å². The van der Waals surface area contributed by atoms with Gasteiger partial charge in [-0.05, 0) is 43.7 Å². The second-order valence-electron chi connectivity index (χ2n) is 6.71. The van der Waals surface area contributed by atoms with Crippen LogP contribution in [0.2, 0.25) is 0 Å². The fourth-order valence-corrected chi connectivity index (χ4v) is 6.20. The van der Waals surface area contributed by atoms with Crippen molar-refractivity contribution < 1.29 is 13.6 Å². The van der Waals surface area contributed by atoms with Gasteiger partial charge in [0.2, 0.25) is 0 Å². The van der Waals surface area contributed by atoms with Gasteiger partial charge in [-0.15, -0.1) is 23.5 Å². The number of halogens is 2. The van der Waals surface area contributed by atoms with Crippen LogP contribution >= 0.6 is 23.5 Å². The zero-order chi connectivity index (χ0) is 20.5. The molecule has 4 rings (SSSR count). The number of nitrogens with one attached hydrogen (secondary N) is 1. The lowest BCUT2D eigenvalue weighted by molar-refractivity contribution is 0.102. The molecule has 2 heterocycles. The largest absolute Gasteiger partial charge is 0.322 e. The lowest BCUT2D eigenvalue weighted by Gasteiger charge is -2.11. The van der Waals surface area contributed by atoms with E-state index >= 15 is 0 Å². The Balaban J connectivity index is 1.61. The van der Waals surface area contributed by atoms with Gasteiger partial charge in [0.1, 0.15) is 11.5 Å². The molecule has 1 amide bonds. The van der Waals surface area contributed by atoms with Gasteiger partial charge in [-0.3, -0.25) is 4.79 Å². The van der Waals surface area contributed by atoms with E-state index in [1.165, 1.54) is 22.4 Å². The highest BCUT2D eigenvalue weighted by Crippen LogP contribution is 2.45. The molecule has 1 aliphatic heterocycles. The van der Waals surface area contributed by atoms with Crippen LogP contribution in [0.1, 0.15) is 31.9 Å². The molecule has 3 aromatic rings. The summed E-state index contributed by atoms with van der Waals surface area (Å²) in [6.07, 6.45) is 0. The van der Waals surface area contributed by atoms with Crippen molar-refractivity contribution in [2.75, 3.05) is 16.8 Å². The second kappa shape index (κ2) is 8.20. The van der Waals surface area contributed by atoms with Gasteiger partial charge in [-0.2, -0.15) is 5.10 Å². The number of aromatic nitrogens is 2. The fourth-order valence-electron chi connectivity index (χ4n) is 3.37. The Morgan fingerprint density at radius 1 is 1.14 bits per heavy atom. The van der Waals surface area contributed by atoms with E-state index in [1.807, 2.05) is 41.7 Å². The summed E-state index contributed by atoms with van der Waals surface area (Å²) in [5.41, 5.74) is 3.32. The molecule has 1 N–H and O–H groups in total. The number of benzene rings is 2. The topological polar surface area (TPSA) is 46.9 Å². The van der Waals surface area contributed by atoms with Gasteiger partial charge in [0.05, 0.1) is 21.5 Å². The molecule has 0 radical (unpaired) electrons. The number of rotatable bonds is 4. The molecule has 8 heteroatoms. The summed E-state index contributed by atoms with van der Waals surface area (Å²) >= 11 is 3.80. The molecule has 0 saturated carbocycles. The van der Waals surface area contributed by atoms with E-state index in [2.05, 4.69) is 16.5 Å². The van der Waals surface area contributed by atoms with Crippen molar-refractivity contribution >= 4 is 35.1 Å². The lowest BCUT2D eigenvalue weighted by atomic mass is 10.1. The molecule has 1 aromatic heterocycles. The third kappa shape index (κ3) is 4.04. The number of aryl methyl sites for hydroxylation is 1. The van der Waals surface area contributed by atoms with Gasteiger partial charge in [0.25, 0.3) is 5.91 Å². The zero-order valence-electron chi connectivity index (χ0n) is 15.9. The monoisotopic (exact) mass is 431 g/mol. The number of nitrogens with zero attached hydrogens (tertiary/aromatic N) is 2. The van der Waals surface area contributed by atoms with Gasteiger partial charge in [0, 0.05) is 23.3 Å².